The van der Waals surface area contributed by atoms with Crippen molar-refractivity contribution in [2.24, 2.45) is 0 Å². The summed E-state index contributed by atoms with van der Waals surface area (Å²) in [5.74, 6) is -0.0385. The lowest BCUT2D eigenvalue weighted by atomic mass is 9.86. The van der Waals surface area contributed by atoms with E-state index >= 15 is 0 Å². The van der Waals surface area contributed by atoms with Gasteiger partial charge in [-0.1, -0.05) is 6.07 Å². The van der Waals surface area contributed by atoms with E-state index in [1.165, 1.54) is 6.92 Å². The third-order valence-electron chi connectivity index (χ3n) is 2.77. The van der Waals surface area contributed by atoms with E-state index in [2.05, 4.69) is 10.3 Å². The van der Waals surface area contributed by atoms with Crippen LogP contribution in [0, 0.1) is 0 Å². The average Bonchev–Trinajstić information content (AvgIpc) is 2.71. The standard InChI is InChI=1S/C12H15BN2O3/c1-8(16)14-5-4-9-2-3-11-10(6-9)7-12(15-11)13(17)18/h2-3,6-7,15,17-18H,4-5H2,1H3,(H,14,16). The van der Waals surface area contributed by atoms with Crippen molar-refractivity contribution in [3.8, 4) is 0 Å². The van der Waals surface area contributed by atoms with Crippen molar-refractivity contribution in [1.29, 1.82) is 0 Å². The Labute approximate surface area is 105 Å². The van der Waals surface area contributed by atoms with Crippen LogP contribution in [0.15, 0.2) is 24.3 Å². The van der Waals surface area contributed by atoms with Gasteiger partial charge in [-0.05, 0) is 35.6 Å². The number of H-pyrrole nitrogens is 1. The number of carbonyl (C=O) groups is 1. The highest BCUT2D eigenvalue weighted by atomic mass is 16.4. The SMILES string of the molecule is CC(=O)NCCc1ccc2[nH]c(B(O)O)cc2c1. The van der Waals surface area contributed by atoms with Crippen molar-refractivity contribution in [2.75, 3.05) is 6.54 Å². The summed E-state index contributed by atoms with van der Waals surface area (Å²) >= 11 is 0. The van der Waals surface area contributed by atoms with Gasteiger partial charge in [-0.3, -0.25) is 4.79 Å². The van der Waals surface area contributed by atoms with Crippen LogP contribution in [-0.4, -0.2) is 34.6 Å². The molecule has 1 amide bonds. The third kappa shape index (κ3) is 2.91. The van der Waals surface area contributed by atoms with Gasteiger partial charge in [0.1, 0.15) is 0 Å². The van der Waals surface area contributed by atoms with Crippen LogP contribution in [0.1, 0.15) is 12.5 Å². The first-order chi connectivity index (χ1) is 8.56. The van der Waals surface area contributed by atoms with Crippen molar-refractivity contribution < 1.29 is 14.8 Å². The van der Waals surface area contributed by atoms with E-state index in [1.54, 1.807) is 6.07 Å². The maximum atomic E-state index is 10.8. The minimum atomic E-state index is -1.49. The van der Waals surface area contributed by atoms with E-state index < -0.39 is 7.12 Å². The first-order valence-electron chi connectivity index (χ1n) is 5.78. The van der Waals surface area contributed by atoms with Crippen molar-refractivity contribution in [3.05, 3.63) is 29.8 Å². The Bertz CT molecular complexity index is 565. The molecule has 5 nitrogen and oxygen atoms in total. The Hall–Kier alpha value is -1.79. The predicted molar refractivity (Wildman–Crippen MR) is 70.5 cm³/mol. The number of nitrogens with one attached hydrogen (secondary N) is 2. The molecule has 18 heavy (non-hydrogen) atoms. The molecule has 0 atom stereocenters. The number of aromatic amines is 1. The lowest BCUT2D eigenvalue weighted by Gasteiger charge is -2.02. The highest BCUT2D eigenvalue weighted by Crippen LogP contribution is 2.13. The third-order valence-corrected chi connectivity index (χ3v) is 2.77. The smallest absolute Gasteiger partial charge is 0.422 e. The van der Waals surface area contributed by atoms with Gasteiger partial charge < -0.3 is 20.3 Å². The van der Waals surface area contributed by atoms with Crippen LogP contribution in [0.4, 0.5) is 0 Å². The minimum Gasteiger partial charge on any atom is -0.422 e. The molecular formula is C12H15BN2O3. The fraction of sp³-hybridized carbons (Fsp3) is 0.250. The lowest BCUT2D eigenvalue weighted by molar-refractivity contribution is -0.118. The maximum absolute atomic E-state index is 10.8. The van der Waals surface area contributed by atoms with Gasteiger partial charge in [0.15, 0.2) is 0 Å². The van der Waals surface area contributed by atoms with E-state index in [0.717, 1.165) is 22.9 Å². The molecule has 2 aromatic rings. The second-order valence-electron chi connectivity index (χ2n) is 4.25. The van der Waals surface area contributed by atoms with Crippen LogP contribution in [0.2, 0.25) is 0 Å². The zero-order valence-corrected chi connectivity index (χ0v) is 10.1. The number of rotatable bonds is 4. The zero-order chi connectivity index (χ0) is 13.1. The van der Waals surface area contributed by atoms with E-state index in [9.17, 15) is 4.79 Å². The summed E-state index contributed by atoms with van der Waals surface area (Å²) in [7, 11) is -1.49. The Balaban J connectivity index is 2.14. The van der Waals surface area contributed by atoms with Crippen LogP contribution in [0.25, 0.3) is 10.9 Å². The summed E-state index contributed by atoms with van der Waals surface area (Å²) in [5.41, 5.74) is 2.33. The van der Waals surface area contributed by atoms with Crippen LogP contribution in [0.3, 0.4) is 0 Å². The van der Waals surface area contributed by atoms with Crippen molar-refractivity contribution >= 4 is 29.5 Å². The van der Waals surface area contributed by atoms with E-state index in [0.29, 0.717) is 12.1 Å². The Kier molecular flexibility index (Phi) is 3.69. The molecule has 0 aliphatic carbocycles. The van der Waals surface area contributed by atoms with Crippen LogP contribution in [-0.2, 0) is 11.2 Å². The first kappa shape index (κ1) is 12.7. The van der Waals surface area contributed by atoms with Crippen molar-refractivity contribution in [1.82, 2.24) is 10.3 Å². The average molecular weight is 246 g/mol. The number of aromatic nitrogens is 1. The molecule has 0 radical (unpaired) electrons. The van der Waals surface area contributed by atoms with Gasteiger partial charge in [0.2, 0.25) is 5.91 Å². The summed E-state index contributed by atoms with van der Waals surface area (Å²) in [6.45, 7) is 2.09. The maximum Gasteiger partial charge on any atom is 0.505 e. The van der Waals surface area contributed by atoms with Gasteiger partial charge in [-0.15, -0.1) is 0 Å². The molecular weight excluding hydrogens is 231 g/mol. The van der Waals surface area contributed by atoms with Crippen LogP contribution >= 0.6 is 0 Å². The Morgan fingerprint density at radius 2 is 2.17 bits per heavy atom. The fourth-order valence-corrected chi connectivity index (χ4v) is 1.88. The zero-order valence-electron chi connectivity index (χ0n) is 10.1. The van der Waals surface area contributed by atoms with Gasteiger partial charge in [-0.2, -0.15) is 0 Å². The highest BCUT2D eigenvalue weighted by Gasteiger charge is 2.13. The van der Waals surface area contributed by atoms with E-state index in [1.807, 2.05) is 18.2 Å². The van der Waals surface area contributed by atoms with E-state index in [4.69, 9.17) is 10.0 Å². The summed E-state index contributed by atoms with van der Waals surface area (Å²) in [6.07, 6.45) is 0.748. The molecule has 1 aromatic heterocycles. The molecule has 0 aliphatic heterocycles. The number of amides is 1. The molecule has 2 rings (SSSR count). The second-order valence-corrected chi connectivity index (χ2v) is 4.25. The highest BCUT2D eigenvalue weighted by molar-refractivity contribution is 6.58. The summed E-state index contributed by atoms with van der Waals surface area (Å²) < 4.78 is 0. The van der Waals surface area contributed by atoms with Gasteiger partial charge in [0.25, 0.3) is 0 Å². The Morgan fingerprint density at radius 1 is 1.39 bits per heavy atom. The van der Waals surface area contributed by atoms with Crippen molar-refractivity contribution in [3.63, 3.8) is 0 Å². The summed E-state index contributed by atoms with van der Waals surface area (Å²) in [5, 5.41) is 21.8. The largest absolute Gasteiger partial charge is 0.505 e. The minimum absolute atomic E-state index is 0.0385. The molecule has 0 saturated heterocycles. The second kappa shape index (κ2) is 5.24. The van der Waals surface area contributed by atoms with Gasteiger partial charge in [0.05, 0.1) is 0 Å². The molecule has 0 bridgehead atoms. The van der Waals surface area contributed by atoms with Gasteiger partial charge in [0, 0.05) is 24.6 Å². The number of hydrogen-bond acceptors (Lipinski definition) is 3. The number of benzene rings is 1. The molecule has 1 heterocycles. The quantitative estimate of drug-likeness (QED) is 0.550. The number of fused-ring (bicyclic) bond motifs is 1. The molecule has 0 spiro atoms. The van der Waals surface area contributed by atoms with Gasteiger partial charge in [-0.25, -0.2) is 0 Å². The monoisotopic (exact) mass is 246 g/mol. The van der Waals surface area contributed by atoms with Gasteiger partial charge >= 0.3 is 7.12 Å². The molecule has 4 N–H and O–H groups in total. The number of carbonyl (C=O) groups excluding carboxylic acids is 1. The fourth-order valence-electron chi connectivity index (χ4n) is 1.88. The summed E-state index contributed by atoms with van der Waals surface area (Å²) in [6, 6.07) is 7.53. The van der Waals surface area contributed by atoms with Crippen molar-refractivity contribution in [2.45, 2.75) is 13.3 Å². The topological polar surface area (TPSA) is 85.4 Å². The summed E-state index contributed by atoms with van der Waals surface area (Å²) in [4.78, 5) is 13.7. The molecule has 1 aromatic carbocycles. The predicted octanol–water partition coefficient (Wildman–Crippen LogP) is -0.474. The lowest BCUT2D eigenvalue weighted by Crippen LogP contribution is -2.30. The molecule has 0 fully saturated rings. The Morgan fingerprint density at radius 3 is 2.83 bits per heavy atom. The van der Waals surface area contributed by atoms with Crippen LogP contribution in [0.5, 0.6) is 0 Å². The molecule has 94 valence electrons. The van der Waals surface area contributed by atoms with E-state index in [-0.39, 0.29) is 5.91 Å². The van der Waals surface area contributed by atoms with Crippen LogP contribution < -0.4 is 10.9 Å². The molecule has 6 heteroatoms. The normalized spacial score (nSPS) is 10.6. The first-order valence-corrected chi connectivity index (χ1v) is 5.78. The number of hydrogen-bond donors (Lipinski definition) is 4. The molecule has 0 unspecified atom stereocenters. The molecule has 0 aliphatic rings. The molecule has 0 saturated carbocycles.